The van der Waals surface area contributed by atoms with Gasteiger partial charge in [-0.05, 0) is 12.1 Å². The zero-order valence-electron chi connectivity index (χ0n) is 15.2. The Morgan fingerprint density at radius 1 is 1.11 bits per heavy atom. The highest BCUT2D eigenvalue weighted by Gasteiger charge is 2.23. The summed E-state index contributed by atoms with van der Waals surface area (Å²) in [6.45, 7) is 6.21. The summed E-state index contributed by atoms with van der Waals surface area (Å²) in [4.78, 5) is 25.3. The first kappa shape index (κ1) is 16.9. The van der Waals surface area contributed by atoms with Crippen LogP contribution in [0.2, 0.25) is 0 Å². The maximum absolute atomic E-state index is 11.8. The minimum atomic E-state index is -0.0303. The van der Waals surface area contributed by atoms with E-state index in [2.05, 4.69) is 34.1 Å². The quantitative estimate of drug-likeness (QED) is 0.503. The number of carbonyl (C=O) groups excluding carboxylic acids is 1. The molecule has 0 atom stereocenters. The average Bonchev–Trinajstić information content (AvgIpc) is 3.39. The lowest BCUT2D eigenvalue weighted by Gasteiger charge is -2.34. The summed E-state index contributed by atoms with van der Waals surface area (Å²) in [5, 5.41) is 7.71. The fourth-order valence-corrected chi connectivity index (χ4v) is 4.48. The van der Waals surface area contributed by atoms with Crippen molar-refractivity contribution in [3.63, 3.8) is 0 Å². The first-order chi connectivity index (χ1) is 13.7. The van der Waals surface area contributed by atoms with Crippen molar-refractivity contribution in [2.45, 2.75) is 0 Å². The summed E-state index contributed by atoms with van der Waals surface area (Å²) in [7, 11) is 0. The van der Waals surface area contributed by atoms with Crippen LogP contribution in [0.3, 0.4) is 0 Å². The lowest BCUT2D eigenvalue weighted by Crippen LogP contribution is -2.48. The molecule has 1 aromatic carbocycles. The number of amides is 1. The number of fused-ring (bicyclic) bond motifs is 2. The van der Waals surface area contributed by atoms with Crippen LogP contribution in [0.4, 0.5) is 5.95 Å². The molecule has 3 aromatic heterocycles. The van der Waals surface area contributed by atoms with Gasteiger partial charge < -0.3 is 9.80 Å². The van der Waals surface area contributed by atoms with Gasteiger partial charge in [-0.1, -0.05) is 24.8 Å². The number of thiophene rings is 1. The van der Waals surface area contributed by atoms with Crippen LogP contribution in [0.25, 0.3) is 27.1 Å². The summed E-state index contributed by atoms with van der Waals surface area (Å²) in [5.74, 6) is 1.42. The minimum absolute atomic E-state index is 0.0303. The fourth-order valence-electron chi connectivity index (χ4n) is 3.54. The largest absolute Gasteiger partial charge is 0.337 e. The van der Waals surface area contributed by atoms with Crippen LogP contribution in [0.15, 0.2) is 54.6 Å². The molecule has 0 spiro atoms. The van der Waals surface area contributed by atoms with E-state index in [0.717, 1.165) is 22.4 Å². The van der Waals surface area contributed by atoms with Crippen molar-refractivity contribution in [2.24, 2.45) is 0 Å². The third kappa shape index (κ3) is 2.73. The molecule has 4 aromatic rings. The Morgan fingerprint density at radius 2 is 1.93 bits per heavy atom. The topological polar surface area (TPSA) is 66.6 Å². The highest BCUT2D eigenvalue weighted by molar-refractivity contribution is 7.17. The second kappa shape index (κ2) is 6.72. The Bertz CT molecular complexity index is 1190. The lowest BCUT2D eigenvalue weighted by atomic mass is 10.1. The van der Waals surface area contributed by atoms with Crippen molar-refractivity contribution in [1.82, 2.24) is 24.5 Å². The van der Waals surface area contributed by atoms with Crippen LogP contribution < -0.4 is 4.90 Å². The van der Waals surface area contributed by atoms with E-state index < -0.39 is 0 Å². The third-order valence-electron chi connectivity index (χ3n) is 5.01. The summed E-state index contributed by atoms with van der Waals surface area (Å²) in [6, 6.07) is 10.2. The first-order valence-electron chi connectivity index (χ1n) is 9.09. The number of nitrogens with zero attached hydrogens (tertiary/aromatic N) is 6. The summed E-state index contributed by atoms with van der Waals surface area (Å²) < 4.78 is 3.00. The molecule has 0 radical (unpaired) electrons. The van der Waals surface area contributed by atoms with Gasteiger partial charge in [0.05, 0.1) is 6.20 Å². The van der Waals surface area contributed by atoms with Gasteiger partial charge in [-0.3, -0.25) is 4.79 Å². The molecular formula is C20H18N6OS. The van der Waals surface area contributed by atoms with E-state index in [0.29, 0.717) is 32.1 Å². The molecule has 5 rings (SSSR count). The summed E-state index contributed by atoms with van der Waals surface area (Å²) in [6.07, 6.45) is 3.11. The zero-order valence-corrected chi connectivity index (χ0v) is 16.0. The van der Waals surface area contributed by atoms with Crippen LogP contribution in [-0.2, 0) is 4.79 Å². The molecule has 4 heterocycles. The van der Waals surface area contributed by atoms with Gasteiger partial charge in [0.15, 0.2) is 11.5 Å². The zero-order chi connectivity index (χ0) is 19.1. The predicted molar refractivity (Wildman–Crippen MR) is 111 cm³/mol. The van der Waals surface area contributed by atoms with Gasteiger partial charge in [0.25, 0.3) is 0 Å². The number of carbonyl (C=O) groups is 1. The monoisotopic (exact) mass is 390 g/mol. The van der Waals surface area contributed by atoms with E-state index in [1.54, 1.807) is 26.9 Å². The number of benzene rings is 1. The summed E-state index contributed by atoms with van der Waals surface area (Å²) >= 11 is 1.70. The first-order valence-corrected chi connectivity index (χ1v) is 9.97. The van der Waals surface area contributed by atoms with Crippen molar-refractivity contribution < 1.29 is 4.79 Å². The molecule has 1 fully saturated rings. The Morgan fingerprint density at radius 3 is 2.75 bits per heavy atom. The Hall–Kier alpha value is -3.26. The van der Waals surface area contributed by atoms with Gasteiger partial charge in [-0.25, -0.2) is 0 Å². The second-order valence-corrected chi connectivity index (χ2v) is 7.52. The second-order valence-electron chi connectivity index (χ2n) is 6.61. The molecule has 8 heteroatoms. The molecule has 0 bridgehead atoms. The molecule has 0 aliphatic carbocycles. The van der Waals surface area contributed by atoms with Gasteiger partial charge in [0.2, 0.25) is 11.9 Å². The molecular weight excluding hydrogens is 372 g/mol. The Balaban J connectivity index is 1.56. The fraction of sp³-hybridized carbons (Fsp3) is 0.200. The average molecular weight is 390 g/mol. The number of hydrogen-bond donors (Lipinski definition) is 0. The van der Waals surface area contributed by atoms with E-state index in [-0.39, 0.29) is 5.91 Å². The molecule has 1 aliphatic heterocycles. The van der Waals surface area contributed by atoms with Gasteiger partial charge in [-0.15, -0.1) is 11.3 Å². The predicted octanol–water partition coefficient (Wildman–Crippen LogP) is 2.84. The molecule has 1 saturated heterocycles. The number of rotatable bonds is 3. The molecule has 0 saturated carbocycles. The van der Waals surface area contributed by atoms with Crippen LogP contribution in [0.1, 0.15) is 0 Å². The molecule has 0 N–H and O–H groups in total. The number of anilines is 1. The molecule has 1 amide bonds. The summed E-state index contributed by atoms with van der Waals surface area (Å²) in [5.41, 5.74) is 1.82. The standard InChI is InChI=1S/C20H18N6OS/c1-2-18(27)24-9-11-25(12-10-24)20-22-17-7-8-21-26(17)19(23-20)15-13-28-16-6-4-3-5-14(15)16/h2-8,13H,1,9-12H2. The molecule has 7 nitrogen and oxygen atoms in total. The Labute approximate surface area is 165 Å². The molecule has 1 aliphatic rings. The number of hydrogen-bond acceptors (Lipinski definition) is 6. The minimum Gasteiger partial charge on any atom is -0.337 e. The van der Waals surface area contributed by atoms with Crippen molar-refractivity contribution >= 4 is 38.9 Å². The number of aromatic nitrogens is 4. The highest BCUT2D eigenvalue weighted by atomic mass is 32.1. The number of piperazine rings is 1. The van der Waals surface area contributed by atoms with Crippen molar-refractivity contribution in [1.29, 1.82) is 0 Å². The Kier molecular flexibility index (Phi) is 4.05. The van der Waals surface area contributed by atoms with Gasteiger partial charge in [0.1, 0.15) is 0 Å². The maximum Gasteiger partial charge on any atom is 0.246 e. The van der Waals surface area contributed by atoms with Gasteiger partial charge in [0, 0.05) is 53.3 Å². The van der Waals surface area contributed by atoms with E-state index in [4.69, 9.17) is 9.97 Å². The smallest absolute Gasteiger partial charge is 0.246 e. The van der Waals surface area contributed by atoms with Crippen molar-refractivity contribution in [3.05, 3.63) is 54.6 Å². The lowest BCUT2D eigenvalue weighted by molar-refractivity contribution is -0.126. The van der Waals surface area contributed by atoms with Gasteiger partial charge >= 0.3 is 0 Å². The molecule has 0 unspecified atom stereocenters. The third-order valence-corrected chi connectivity index (χ3v) is 5.98. The molecule has 140 valence electrons. The van der Waals surface area contributed by atoms with Crippen molar-refractivity contribution in [2.75, 3.05) is 31.1 Å². The van der Waals surface area contributed by atoms with E-state index >= 15 is 0 Å². The van der Waals surface area contributed by atoms with Crippen LogP contribution in [0, 0.1) is 0 Å². The SMILES string of the molecule is C=CC(=O)N1CCN(c2nc(-c3csc4ccccc34)n3nccc3n2)CC1. The van der Waals surface area contributed by atoms with Crippen molar-refractivity contribution in [3.8, 4) is 11.4 Å². The maximum atomic E-state index is 11.8. The van der Waals surface area contributed by atoms with E-state index in [1.165, 1.54) is 10.8 Å². The van der Waals surface area contributed by atoms with Crippen LogP contribution in [-0.4, -0.2) is 56.6 Å². The normalized spacial score (nSPS) is 14.7. The van der Waals surface area contributed by atoms with Crippen LogP contribution >= 0.6 is 11.3 Å². The van der Waals surface area contributed by atoms with E-state index in [1.807, 2.05) is 18.2 Å². The highest BCUT2D eigenvalue weighted by Crippen LogP contribution is 2.33. The van der Waals surface area contributed by atoms with E-state index in [9.17, 15) is 4.79 Å². The molecule has 28 heavy (non-hydrogen) atoms. The van der Waals surface area contributed by atoms with Crippen LogP contribution in [0.5, 0.6) is 0 Å². The van der Waals surface area contributed by atoms with Gasteiger partial charge in [-0.2, -0.15) is 19.6 Å².